The van der Waals surface area contributed by atoms with Crippen molar-refractivity contribution >= 4 is 28.8 Å². The third-order valence-electron chi connectivity index (χ3n) is 1.98. The Bertz CT molecular complexity index is 609. The normalized spacial score (nSPS) is 11.7. The van der Waals surface area contributed by atoms with Crippen molar-refractivity contribution in [3.63, 3.8) is 0 Å². The molecule has 0 amide bonds. The van der Waals surface area contributed by atoms with Gasteiger partial charge in [0.05, 0.1) is 10.7 Å². The summed E-state index contributed by atoms with van der Waals surface area (Å²) < 4.78 is 40.6. The highest BCUT2D eigenvalue weighted by molar-refractivity contribution is 6.45. The molecule has 0 atom stereocenters. The molecule has 0 aliphatic heterocycles. The molecule has 0 aromatic heterocycles. The minimum Gasteiger partial charge on any atom is -0.483 e. The Balaban J connectivity index is 2.79. The number of nitrogens with two attached hydrogens (primary N) is 1. The van der Waals surface area contributed by atoms with Crippen molar-refractivity contribution in [2.45, 2.75) is 6.18 Å². The van der Waals surface area contributed by atoms with E-state index in [1.165, 1.54) is 18.2 Å². The van der Waals surface area contributed by atoms with Gasteiger partial charge in [-0.25, -0.2) is 0 Å². The first-order chi connectivity index (χ1) is 9.73. The van der Waals surface area contributed by atoms with Crippen molar-refractivity contribution in [2.24, 2.45) is 10.8 Å². The topological polar surface area (TPSA) is 107 Å². The van der Waals surface area contributed by atoms with E-state index in [2.05, 4.69) is 15.3 Å². The highest BCUT2D eigenvalue weighted by Gasteiger charge is 2.28. The van der Waals surface area contributed by atoms with Crippen LogP contribution in [0, 0.1) is 16.7 Å². The second-order valence-electron chi connectivity index (χ2n) is 3.65. The molecule has 0 saturated heterocycles. The molecule has 112 valence electrons. The molecule has 0 heterocycles. The van der Waals surface area contributed by atoms with Crippen LogP contribution in [0.25, 0.3) is 0 Å². The lowest BCUT2D eigenvalue weighted by atomic mass is 10.3. The van der Waals surface area contributed by atoms with Crippen molar-refractivity contribution in [2.75, 3.05) is 12.0 Å². The number of halogens is 4. The molecule has 4 N–H and O–H groups in total. The van der Waals surface area contributed by atoms with Gasteiger partial charge in [0, 0.05) is 0 Å². The molecule has 0 unspecified atom stereocenters. The highest BCUT2D eigenvalue weighted by Crippen LogP contribution is 2.29. The first-order valence-corrected chi connectivity index (χ1v) is 5.68. The van der Waals surface area contributed by atoms with Gasteiger partial charge in [0.2, 0.25) is 5.71 Å². The lowest BCUT2D eigenvalue weighted by molar-refractivity contribution is -0.153. The first kappa shape index (κ1) is 16.6. The van der Waals surface area contributed by atoms with Gasteiger partial charge in [-0.2, -0.15) is 23.5 Å². The van der Waals surface area contributed by atoms with Crippen LogP contribution in [0.2, 0.25) is 5.02 Å². The summed E-state index contributed by atoms with van der Waals surface area (Å²) in [5.41, 5.74) is 7.42. The molecule has 0 aliphatic rings. The minimum absolute atomic E-state index is 0.0687. The summed E-state index contributed by atoms with van der Waals surface area (Å²) in [5.74, 6) is -0.670. The standard InChI is InChI=1S/C11H9ClF3N5O/c12-7-3-6(19-20-8(4-16)10(17)18)1-2-9(7)21-5-11(13,14)15/h1-3,19H,5H2,(H3,17,18)/b20-8+. The van der Waals surface area contributed by atoms with Crippen molar-refractivity contribution in [3.8, 4) is 11.8 Å². The van der Waals surface area contributed by atoms with Crippen molar-refractivity contribution in [3.05, 3.63) is 23.2 Å². The van der Waals surface area contributed by atoms with E-state index in [4.69, 9.17) is 28.0 Å². The summed E-state index contributed by atoms with van der Waals surface area (Å²) in [7, 11) is 0. The fraction of sp³-hybridized carbons (Fsp3) is 0.182. The first-order valence-electron chi connectivity index (χ1n) is 5.30. The number of nitrogens with zero attached hydrogens (tertiary/aromatic N) is 2. The van der Waals surface area contributed by atoms with Crippen molar-refractivity contribution in [1.29, 1.82) is 10.7 Å². The van der Waals surface area contributed by atoms with E-state index in [9.17, 15) is 13.2 Å². The summed E-state index contributed by atoms with van der Waals surface area (Å²) in [6.45, 7) is -1.46. The quantitative estimate of drug-likeness (QED) is 0.440. The highest BCUT2D eigenvalue weighted by atomic mass is 35.5. The Morgan fingerprint density at radius 3 is 2.67 bits per heavy atom. The predicted molar refractivity (Wildman–Crippen MR) is 71.6 cm³/mol. The van der Waals surface area contributed by atoms with Gasteiger partial charge in [0.25, 0.3) is 0 Å². The average molecular weight is 320 g/mol. The fourth-order valence-corrected chi connectivity index (χ4v) is 1.35. The van der Waals surface area contributed by atoms with E-state index in [0.717, 1.165) is 0 Å². The van der Waals surface area contributed by atoms with Crippen LogP contribution in [-0.2, 0) is 0 Å². The number of alkyl halides is 3. The van der Waals surface area contributed by atoms with Gasteiger partial charge >= 0.3 is 6.18 Å². The number of amidine groups is 1. The maximum Gasteiger partial charge on any atom is 0.422 e. The van der Waals surface area contributed by atoms with E-state index in [1.807, 2.05) is 0 Å². The second-order valence-corrected chi connectivity index (χ2v) is 4.05. The number of hydrogen-bond donors (Lipinski definition) is 3. The maximum atomic E-state index is 12.0. The van der Waals surface area contributed by atoms with Crippen molar-refractivity contribution in [1.82, 2.24) is 0 Å². The van der Waals surface area contributed by atoms with Gasteiger partial charge < -0.3 is 10.5 Å². The Kier molecular flexibility index (Phi) is 5.37. The lowest BCUT2D eigenvalue weighted by Crippen LogP contribution is -2.21. The number of anilines is 1. The van der Waals surface area contributed by atoms with Crippen LogP contribution in [-0.4, -0.2) is 24.3 Å². The fourth-order valence-electron chi connectivity index (χ4n) is 1.11. The minimum atomic E-state index is -4.46. The predicted octanol–water partition coefficient (Wildman–Crippen LogP) is 2.51. The zero-order valence-corrected chi connectivity index (χ0v) is 11.1. The Hall–Kier alpha value is -2.47. The van der Waals surface area contributed by atoms with Gasteiger partial charge in [0.15, 0.2) is 12.4 Å². The van der Waals surface area contributed by atoms with Crippen LogP contribution >= 0.6 is 11.6 Å². The monoisotopic (exact) mass is 319 g/mol. The van der Waals surface area contributed by atoms with Crippen LogP contribution in [0.5, 0.6) is 5.75 Å². The Labute approximate surface area is 122 Å². The van der Waals surface area contributed by atoms with Gasteiger partial charge in [0.1, 0.15) is 11.8 Å². The van der Waals surface area contributed by atoms with Crippen LogP contribution in [0.1, 0.15) is 0 Å². The maximum absolute atomic E-state index is 12.0. The molecular weight excluding hydrogens is 311 g/mol. The second kappa shape index (κ2) is 6.81. The van der Waals surface area contributed by atoms with E-state index in [0.29, 0.717) is 0 Å². The molecule has 0 spiro atoms. The average Bonchev–Trinajstić information content (AvgIpc) is 2.37. The largest absolute Gasteiger partial charge is 0.483 e. The number of rotatable bonds is 5. The van der Waals surface area contributed by atoms with E-state index >= 15 is 0 Å². The summed E-state index contributed by atoms with van der Waals surface area (Å²) in [4.78, 5) is 0. The number of ether oxygens (including phenoxy) is 1. The molecule has 6 nitrogen and oxygen atoms in total. The summed E-state index contributed by atoms with van der Waals surface area (Å²) in [5, 5.41) is 19.1. The van der Waals surface area contributed by atoms with Crippen LogP contribution in [0.4, 0.5) is 18.9 Å². The molecular formula is C11H9ClF3N5O. The van der Waals surface area contributed by atoms with Crippen LogP contribution in [0.15, 0.2) is 23.3 Å². The third kappa shape index (κ3) is 5.58. The van der Waals surface area contributed by atoms with Crippen LogP contribution < -0.4 is 15.9 Å². The molecule has 10 heteroatoms. The SMILES string of the molecule is N#C/C(=N\Nc1ccc(OCC(F)(F)F)c(Cl)c1)C(=N)N. The van der Waals surface area contributed by atoms with E-state index < -0.39 is 18.6 Å². The van der Waals surface area contributed by atoms with Crippen LogP contribution in [0.3, 0.4) is 0 Å². The number of nitriles is 1. The molecule has 0 aliphatic carbocycles. The molecule has 0 bridgehead atoms. The molecule has 21 heavy (non-hydrogen) atoms. The van der Waals surface area contributed by atoms with Gasteiger partial charge in [-0.15, -0.1) is 0 Å². The number of hydrazone groups is 1. The zero-order chi connectivity index (χ0) is 16.0. The number of hydrogen-bond acceptors (Lipinski definition) is 5. The van der Waals surface area contributed by atoms with Gasteiger partial charge in [-0.3, -0.25) is 10.8 Å². The lowest BCUT2D eigenvalue weighted by Gasteiger charge is -2.11. The van der Waals surface area contributed by atoms with E-state index in [1.54, 1.807) is 6.07 Å². The number of nitrogens with one attached hydrogen (secondary N) is 2. The summed E-state index contributed by atoms with van der Waals surface area (Å²) in [6, 6.07) is 5.40. The summed E-state index contributed by atoms with van der Waals surface area (Å²) in [6.07, 6.45) is -4.46. The molecule has 0 fully saturated rings. The van der Waals surface area contributed by atoms with E-state index in [-0.39, 0.29) is 22.2 Å². The van der Waals surface area contributed by atoms with Gasteiger partial charge in [-0.05, 0) is 18.2 Å². The summed E-state index contributed by atoms with van der Waals surface area (Å²) >= 11 is 5.76. The van der Waals surface area contributed by atoms with Crippen molar-refractivity contribution < 1.29 is 17.9 Å². The smallest absolute Gasteiger partial charge is 0.422 e. The number of benzene rings is 1. The molecule has 0 saturated carbocycles. The zero-order valence-electron chi connectivity index (χ0n) is 10.3. The Morgan fingerprint density at radius 2 is 2.19 bits per heavy atom. The Morgan fingerprint density at radius 1 is 1.52 bits per heavy atom. The molecule has 1 aromatic carbocycles. The molecule has 1 aromatic rings. The molecule has 0 radical (unpaired) electrons. The third-order valence-corrected chi connectivity index (χ3v) is 2.28. The molecule has 1 rings (SSSR count). The van der Waals surface area contributed by atoms with Gasteiger partial charge in [-0.1, -0.05) is 11.6 Å².